The monoisotopic (exact) mass is 265 g/mol. The number of nitrogens with one attached hydrogen (secondary N) is 1. The zero-order chi connectivity index (χ0) is 13.1. The maximum atomic E-state index is 12.1. The molecule has 0 aromatic carbocycles. The standard InChI is InChI=1S/C13H16ClN3O/c1-3-6-17-13(18)12(11(14)8-15-17)16-9(2)7-10-4-5-10/h1,8-10,16H,4-7H2,2H3. The Kier molecular flexibility index (Phi) is 3.93. The number of aromatic nitrogens is 2. The van der Waals surface area contributed by atoms with E-state index in [1.165, 1.54) is 23.7 Å². The van der Waals surface area contributed by atoms with Gasteiger partial charge in [-0.1, -0.05) is 30.4 Å². The number of rotatable bonds is 5. The second-order valence-electron chi connectivity index (χ2n) is 4.76. The van der Waals surface area contributed by atoms with Crippen LogP contribution in [0.25, 0.3) is 0 Å². The first kappa shape index (κ1) is 13.0. The highest BCUT2D eigenvalue weighted by Gasteiger charge is 2.24. The SMILES string of the molecule is C#CCn1ncc(Cl)c(NC(C)CC2CC2)c1=O. The molecule has 1 heterocycles. The first-order valence-electron chi connectivity index (χ1n) is 6.07. The third kappa shape index (κ3) is 3.05. The van der Waals surface area contributed by atoms with Gasteiger partial charge in [0.25, 0.3) is 5.56 Å². The van der Waals surface area contributed by atoms with E-state index in [2.05, 4.69) is 23.3 Å². The maximum absolute atomic E-state index is 12.1. The lowest BCUT2D eigenvalue weighted by atomic mass is 10.1. The number of hydrogen-bond donors (Lipinski definition) is 1. The van der Waals surface area contributed by atoms with Gasteiger partial charge in [0.2, 0.25) is 0 Å². The van der Waals surface area contributed by atoms with E-state index in [0.29, 0.717) is 10.7 Å². The molecule has 1 unspecified atom stereocenters. The van der Waals surface area contributed by atoms with Crippen LogP contribution in [-0.2, 0) is 6.54 Å². The summed E-state index contributed by atoms with van der Waals surface area (Å²) >= 11 is 6.01. The first-order chi connectivity index (χ1) is 8.61. The van der Waals surface area contributed by atoms with Gasteiger partial charge < -0.3 is 5.32 Å². The lowest BCUT2D eigenvalue weighted by Gasteiger charge is -2.15. The smallest absolute Gasteiger partial charge is 0.292 e. The lowest BCUT2D eigenvalue weighted by molar-refractivity contribution is 0.630. The summed E-state index contributed by atoms with van der Waals surface area (Å²) in [5.41, 5.74) is 0.137. The minimum Gasteiger partial charge on any atom is -0.377 e. The predicted octanol–water partition coefficient (Wildman–Crippen LogP) is 2.13. The summed E-state index contributed by atoms with van der Waals surface area (Å²) in [6.07, 6.45) is 10.3. The van der Waals surface area contributed by atoms with Crippen LogP contribution in [0.1, 0.15) is 26.2 Å². The molecule has 1 fully saturated rings. The van der Waals surface area contributed by atoms with E-state index in [-0.39, 0.29) is 18.1 Å². The van der Waals surface area contributed by atoms with Crippen molar-refractivity contribution in [3.05, 3.63) is 21.6 Å². The molecule has 1 N–H and O–H groups in total. The highest BCUT2D eigenvalue weighted by molar-refractivity contribution is 6.33. The van der Waals surface area contributed by atoms with Gasteiger partial charge in [-0.15, -0.1) is 6.42 Å². The predicted molar refractivity (Wildman–Crippen MR) is 72.8 cm³/mol. The Labute approximate surface area is 111 Å². The van der Waals surface area contributed by atoms with Crippen LogP contribution in [0.2, 0.25) is 5.02 Å². The molecule has 0 spiro atoms. The van der Waals surface area contributed by atoms with E-state index < -0.39 is 0 Å². The third-order valence-electron chi connectivity index (χ3n) is 3.01. The van der Waals surface area contributed by atoms with E-state index >= 15 is 0 Å². The van der Waals surface area contributed by atoms with Crippen LogP contribution in [0.4, 0.5) is 5.69 Å². The van der Waals surface area contributed by atoms with Crippen molar-refractivity contribution in [3.8, 4) is 12.3 Å². The molecule has 0 radical (unpaired) electrons. The second-order valence-corrected chi connectivity index (χ2v) is 5.17. The summed E-state index contributed by atoms with van der Waals surface area (Å²) in [5.74, 6) is 3.19. The van der Waals surface area contributed by atoms with Gasteiger partial charge in [0.15, 0.2) is 0 Å². The van der Waals surface area contributed by atoms with Crippen LogP contribution < -0.4 is 10.9 Å². The Morgan fingerprint density at radius 1 is 1.72 bits per heavy atom. The van der Waals surface area contributed by atoms with Crippen LogP contribution in [-0.4, -0.2) is 15.8 Å². The number of anilines is 1. The molecule has 96 valence electrons. The summed E-state index contributed by atoms with van der Waals surface area (Å²) < 4.78 is 1.23. The van der Waals surface area contributed by atoms with Crippen molar-refractivity contribution < 1.29 is 0 Å². The highest BCUT2D eigenvalue weighted by atomic mass is 35.5. The summed E-state index contributed by atoms with van der Waals surface area (Å²) in [7, 11) is 0. The van der Waals surface area contributed by atoms with E-state index in [0.717, 1.165) is 12.3 Å². The summed E-state index contributed by atoms with van der Waals surface area (Å²) in [5, 5.41) is 7.42. The largest absolute Gasteiger partial charge is 0.377 e. The molecule has 1 aromatic rings. The minimum absolute atomic E-state index is 0.154. The lowest BCUT2D eigenvalue weighted by Crippen LogP contribution is -2.29. The third-order valence-corrected chi connectivity index (χ3v) is 3.30. The molecule has 1 atom stereocenters. The van der Waals surface area contributed by atoms with Gasteiger partial charge in [0.05, 0.1) is 11.2 Å². The molecule has 4 nitrogen and oxygen atoms in total. The Bertz CT molecular complexity index is 528. The summed E-state index contributed by atoms with van der Waals surface area (Å²) in [4.78, 5) is 12.1. The van der Waals surface area contributed by atoms with Crippen molar-refractivity contribution >= 4 is 17.3 Å². The number of terminal acetylenes is 1. The fourth-order valence-electron chi connectivity index (χ4n) is 1.96. The Morgan fingerprint density at radius 2 is 2.44 bits per heavy atom. The fraction of sp³-hybridized carbons (Fsp3) is 0.538. The van der Waals surface area contributed by atoms with Gasteiger partial charge in [-0.05, 0) is 19.3 Å². The van der Waals surface area contributed by atoms with Crippen molar-refractivity contribution in [2.45, 2.75) is 38.8 Å². The molecule has 5 heteroatoms. The van der Waals surface area contributed by atoms with Crippen molar-refractivity contribution in [1.82, 2.24) is 9.78 Å². The molecular weight excluding hydrogens is 250 g/mol. The van der Waals surface area contributed by atoms with Crippen molar-refractivity contribution in [2.75, 3.05) is 5.32 Å². The van der Waals surface area contributed by atoms with E-state index in [9.17, 15) is 4.79 Å². The molecule has 18 heavy (non-hydrogen) atoms. The molecular formula is C13H16ClN3O. The Balaban J connectivity index is 2.17. The zero-order valence-electron chi connectivity index (χ0n) is 10.3. The maximum Gasteiger partial charge on any atom is 0.292 e. The Hall–Kier alpha value is -1.47. The fourth-order valence-corrected chi connectivity index (χ4v) is 2.14. The van der Waals surface area contributed by atoms with Crippen LogP contribution in [0.5, 0.6) is 0 Å². The van der Waals surface area contributed by atoms with E-state index in [1.807, 2.05) is 0 Å². The normalized spacial score (nSPS) is 16.1. The van der Waals surface area contributed by atoms with Crippen molar-refractivity contribution in [1.29, 1.82) is 0 Å². The molecule has 1 saturated carbocycles. The van der Waals surface area contributed by atoms with E-state index in [4.69, 9.17) is 18.0 Å². The Morgan fingerprint density at radius 3 is 3.06 bits per heavy atom. The molecule has 1 aliphatic carbocycles. The van der Waals surface area contributed by atoms with Crippen LogP contribution in [0.15, 0.2) is 11.0 Å². The van der Waals surface area contributed by atoms with E-state index in [1.54, 1.807) is 0 Å². The molecule has 0 aliphatic heterocycles. The van der Waals surface area contributed by atoms with Gasteiger partial charge in [-0.3, -0.25) is 4.79 Å². The average molecular weight is 266 g/mol. The van der Waals surface area contributed by atoms with Crippen molar-refractivity contribution in [2.24, 2.45) is 5.92 Å². The molecule has 1 aliphatic rings. The highest BCUT2D eigenvalue weighted by Crippen LogP contribution is 2.34. The molecule has 1 aromatic heterocycles. The molecule has 0 saturated heterocycles. The summed E-state index contributed by atoms with van der Waals surface area (Å²) in [6, 6.07) is 0.226. The zero-order valence-corrected chi connectivity index (χ0v) is 11.1. The second kappa shape index (κ2) is 5.45. The topological polar surface area (TPSA) is 46.9 Å². The number of halogens is 1. The number of nitrogens with zero attached hydrogens (tertiary/aromatic N) is 2. The van der Waals surface area contributed by atoms with Crippen LogP contribution in [0.3, 0.4) is 0 Å². The summed E-state index contributed by atoms with van der Waals surface area (Å²) in [6.45, 7) is 2.21. The average Bonchev–Trinajstić information content (AvgIpc) is 3.12. The number of hydrogen-bond acceptors (Lipinski definition) is 3. The van der Waals surface area contributed by atoms with Gasteiger partial charge >= 0.3 is 0 Å². The van der Waals surface area contributed by atoms with Gasteiger partial charge in [0, 0.05) is 6.04 Å². The molecule has 2 rings (SSSR count). The van der Waals surface area contributed by atoms with Crippen LogP contribution in [0, 0.1) is 18.3 Å². The molecule has 0 amide bonds. The van der Waals surface area contributed by atoms with Crippen molar-refractivity contribution in [3.63, 3.8) is 0 Å². The van der Waals surface area contributed by atoms with Gasteiger partial charge in [0.1, 0.15) is 12.2 Å². The quantitative estimate of drug-likeness (QED) is 0.830. The molecule has 0 bridgehead atoms. The van der Waals surface area contributed by atoms with Gasteiger partial charge in [-0.2, -0.15) is 5.10 Å². The van der Waals surface area contributed by atoms with Gasteiger partial charge in [-0.25, -0.2) is 4.68 Å². The van der Waals surface area contributed by atoms with Crippen LogP contribution >= 0.6 is 11.6 Å². The first-order valence-corrected chi connectivity index (χ1v) is 6.45. The minimum atomic E-state index is -0.261.